The molecule has 0 aromatic heterocycles. The van der Waals surface area contributed by atoms with E-state index in [1.54, 1.807) is 11.1 Å². The monoisotopic (exact) mass is 596 g/mol. The number of hydrogen-bond acceptors (Lipinski definition) is 0. The van der Waals surface area contributed by atoms with Gasteiger partial charge >= 0.3 is 216 Å². The van der Waals surface area contributed by atoms with Gasteiger partial charge in [-0.05, 0) is 0 Å². The Bertz CT molecular complexity index is 1050. The van der Waals surface area contributed by atoms with Crippen molar-refractivity contribution in [3.05, 3.63) is 81.2 Å². The summed E-state index contributed by atoms with van der Waals surface area (Å²) in [7, 11) is 0. The maximum Gasteiger partial charge on any atom is -1.00 e. The molecule has 4 aliphatic carbocycles. The Labute approximate surface area is 239 Å². The molecule has 0 aliphatic heterocycles. The topological polar surface area (TPSA) is 0 Å². The molecule has 0 nitrogen and oxygen atoms in total. The van der Waals surface area contributed by atoms with Crippen LogP contribution in [0.2, 0.25) is 0 Å². The van der Waals surface area contributed by atoms with Gasteiger partial charge in [0.2, 0.25) is 0 Å². The summed E-state index contributed by atoms with van der Waals surface area (Å²) in [5.74, 6) is 1.93. The molecule has 0 unspecified atom stereocenters. The molecule has 36 heavy (non-hydrogen) atoms. The van der Waals surface area contributed by atoms with Crippen molar-refractivity contribution < 1.29 is 46.1 Å². The average molecular weight is 599 g/mol. The number of rotatable bonds is 6. The Kier molecular flexibility index (Phi) is 10.5. The second kappa shape index (κ2) is 13.4. The number of fused-ring (bicyclic) bond motifs is 3. The van der Waals surface area contributed by atoms with Gasteiger partial charge in [0.15, 0.2) is 0 Å². The van der Waals surface area contributed by atoms with Crippen LogP contribution in [0.25, 0.3) is 11.1 Å². The van der Waals surface area contributed by atoms with E-state index < -0.39 is 21.3 Å². The molecule has 0 atom stereocenters. The molecule has 190 valence electrons. The van der Waals surface area contributed by atoms with Gasteiger partial charge in [0.25, 0.3) is 0 Å². The maximum absolute atomic E-state index is 2.57. The van der Waals surface area contributed by atoms with Crippen molar-refractivity contribution in [1.29, 1.82) is 0 Å². The third-order valence-electron chi connectivity index (χ3n) is 9.14. The molecule has 2 fully saturated rings. The summed E-state index contributed by atoms with van der Waals surface area (Å²) in [6.07, 6.45) is 26.3. The molecule has 2 aromatic carbocycles. The molecule has 0 spiro atoms. The first-order chi connectivity index (χ1) is 16.9. The quantitative estimate of drug-likeness (QED) is 0.479. The predicted octanol–water partition coefficient (Wildman–Crippen LogP) is 3.34. The minimum Gasteiger partial charge on any atom is -1.00 e. The van der Waals surface area contributed by atoms with E-state index >= 15 is 0 Å². The van der Waals surface area contributed by atoms with Gasteiger partial charge < -0.3 is 24.8 Å². The van der Waals surface area contributed by atoms with Gasteiger partial charge in [0.1, 0.15) is 0 Å². The Morgan fingerprint density at radius 2 is 1.17 bits per heavy atom. The predicted molar refractivity (Wildman–Crippen MR) is 143 cm³/mol. The number of benzene rings is 2. The fourth-order valence-corrected chi connectivity index (χ4v) is 17.3. The minimum absolute atomic E-state index is 0. The maximum atomic E-state index is 2.57. The summed E-state index contributed by atoms with van der Waals surface area (Å²) in [6.45, 7) is 0. The van der Waals surface area contributed by atoms with Gasteiger partial charge in [-0.15, -0.1) is 0 Å². The van der Waals surface area contributed by atoms with Gasteiger partial charge in [0.05, 0.1) is 0 Å². The molecule has 6 rings (SSSR count). The molecule has 2 aromatic rings. The number of halogens is 2. The van der Waals surface area contributed by atoms with Crippen molar-refractivity contribution in [3.63, 3.8) is 0 Å². The van der Waals surface area contributed by atoms with Crippen LogP contribution in [0.4, 0.5) is 0 Å². The summed E-state index contributed by atoms with van der Waals surface area (Å²) in [6, 6.07) is 18.9. The first kappa shape index (κ1) is 28.3. The van der Waals surface area contributed by atoms with Crippen LogP contribution >= 0.6 is 0 Å². The van der Waals surface area contributed by atoms with E-state index in [0.717, 1.165) is 11.8 Å². The SMILES string of the molecule is C1=CC[C]([Zr+2](=[C](CC2CCCCC2)CC2CCCCC2)[CH]2c3ccccc3-c3ccccc32)=C1.[Cl-].[Cl-]. The molecule has 4 aliphatic rings. The van der Waals surface area contributed by atoms with Crippen LogP contribution in [0.1, 0.15) is 98.2 Å². The van der Waals surface area contributed by atoms with Crippen molar-refractivity contribution in [2.24, 2.45) is 11.8 Å². The first-order valence-electron chi connectivity index (χ1n) is 14.1. The molecule has 0 amide bonds. The first-order valence-corrected chi connectivity index (χ1v) is 18.0. The standard InChI is InChI=1S/C15H26.C13H9.C5H5.2ClH.Zr/c1-3-8-14(9-4-1)12-7-13-15-10-5-2-6-11-15;1-3-7-12-10(5-1)9-11-6-2-4-8-13(11)12;1-2-4-5-3-1;;;/h14-15H,1-6,8-13H2;1-9H;1-3H,4H2;2*1H;/q;;;;;+2/p-2. The smallest absolute Gasteiger partial charge is 1.00 e. The van der Waals surface area contributed by atoms with E-state index in [4.69, 9.17) is 0 Å². The second-order valence-electron chi connectivity index (χ2n) is 11.4. The Morgan fingerprint density at radius 1 is 0.667 bits per heavy atom. The number of hydrogen-bond donors (Lipinski definition) is 0. The van der Waals surface area contributed by atoms with E-state index in [-0.39, 0.29) is 24.8 Å². The van der Waals surface area contributed by atoms with E-state index in [1.807, 2.05) is 3.28 Å². The molecule has 3 heteroatoms. The van der Waals surface area contributed by atoms with E-state index in [1.165, 1.54) is 94.6 Å². The second-order valence-corrected chi connectivity index (χ2v) is 18.1. The average Bonchev–Trinajstić information content (AvgIpc) is 3.53. The van der Waals surface area contributed by atoms with Crippen LogP contribution in [0.5, 0.6) is 0 Å². The molecule has 2 saturated carbocycles. The summed E-state index contributed by atoms with van der Waals surface area (Å²) in [4.78, 5) is 0. The van der Waals surface area contributed by atoms with Crippen LogP contribution in [-0.4, -0.2) is 3.21 Å². The van der Waals surface area contributed by atoms with E-state index in [9.17, 15) is 0 Å². The summed E-state index contributed by atoms with van der Waals surface area (Å²) < 4.78 is 4.66. The largest absolute Gasteiger partial charge is 1.00 e. The molecule has 0 radical (unpaired) electrons. The normalized spacial score (nSPS) is 19.4. The minimum atomic E-state index is -2.15. The Hall–Kier alpha value is -0.747. The fourth-order valence-electron chi connectivity index (χ4n) is 7.51. The van der Waals surface area contributed by atoms with Crippen LogP contribution in [0.3, 0.4) is 0 Å². The third kappa shape index (κ3) is 5.95. The van der Waals surface area contributed by atoms with Gasteiger partial charge in [-0.2, -0.15) is 0 Å². The third-order valence-corrected chi connectivity index (χ3v) is 17.6. The molecule has 0 heterocycles. The van der Waals surface area contributed by atoms with Crippen LogP contribution in [-0.2, 0) is 21.3 Å². The van der Waals surface area contributed by atoms with Gasteiger partial charge in [-0.1, -0.05) is 0 Å². The summed E-state index contributed by atoms with van der Waals surface area (Å²) in [5, 5.41) is 0. The van der Waals surface area contributed by atoms with Gasteiger partial charge in [-0.25, -0.2) is 0 Å². The number of allylic oxidation sites excluding steroid dienone is 4. The van der Waals surface area contributed by atoms with E-state index in [0.29, 0.717) is 3.63 Å². The Morgan fingerprint density at radius 3 is 1.64 bits per heavy atom. The van der Waals surface area contributed by atoms with Gasteiger partial charge in [-0.3, -0.25) is 0 Å². The van der Waals surface area contributed by atoms with Crippen molar-refractivity contribution in [2.45, 2.75) is 87.1 Å². The van der Waals surface area contributed by atoms with E-state index in [2.05, 4.69) is 70.0 Å². The zero-order valence-electron chi connectivity index (χ0n) is 21.5. The van der Waals surface area contributed by atoms with Crippen LogP contribution in [0, 0.1) is 11.8 Å². The molecular weight excluding hydrogens is 558 g/mol. The van der Waals surface area contributed by atoms with Crippen LogP contribution < -0.4 is 24.8 Å². The molecule has 0 N–H and O–H groups in total. The van der Waals surface area contributed by atoms with Crippen molar-refractivity contribution in [3.8, 4) is 11.1 Å². The summed E-state index contributed by atoms with van der Waals surface area (Å²) >= 11 is -2.15. The Balaban J connectivity index is 0.00000152. The van der Waals surface area contributed by atoms with Crippen LogP contribution in [0.15, 0.2) is 70.0 Å². The fraction of sp³-hybridized carbons (Fsp3) is 0.485. The van der Waals surface area contributed by atoms with Crippen molar-refractivity contribution in [1.82, 2.24) is 0 Å². The zero-order chi connectivity index (χ0) is 22.7. The summed E-state index contributed by atoms with van der Waals surface area (Å²) in [5.41, 5.74) is 6.39. The molecule has 0 saturated heterocycles. The van der Waals surface area contributed by atoms with Crippen molar-refractivity contribution in [2.75, 3.05) is 0 Å². The zero-order valence-corrected chi connectivity index (χ0v) is 25.5. The van der Waals surface area contributed by atoms with Gasteiger partial charge in [0, 0.05) is 0 Å². The molecule has 0 bridgehead atoms. The molecular formula is C33H40Cl2Zr. The van der Waals surface area contributed by atoms with Crippen molar-refractivity contribution >= 4 is 3.21 Å².